The van der Waals surface area contributed by atoms with Gasteiger partial charge in [-0.25, -0.2) is 12.8 Å². The maximum Gasteiger partial charge on any atom is 0.232 e. The molecular weight excluding hydrogens is 355 g/mol. The van der Waals surface area contributed by atoms with Crippen LogP contribution in [-0.4, -0.2) is 27.1 Å². The number of halogens is 2. The Labute approximate surface area is 145 Å². The van der Waals surface area contributed by atoms with Crippen molar-refractivity contribution >= 4 is 38.9 Å². The van der Waals surface area contributed by atoms with Crippen molar-refractivity contribution in [2.45, 2.75) is 6.42 Å². The van der Waals surface area contributed by atoms with Crippen LogP contribution in [0.25, 0.3) is 0 Å². The van der Waals surface area contributed by atoms with Crippen molar-refractivity contribution in [3.8, 4) is 0 Å². The molecule has 0 fully saturated rings. The van der Waals surface area contributed by atoms with Gasteiger partial charge in [0.2, 0.25) is 15.9 Å². The molecule has 1 amide bonds. The fourth-order valence-electron chi connectivity index (χ4n) is 2.09. The molecule has 0 saturated heterocycles. The van der Waals surface area contributed by atoms with E-state index in [1.54, 1.807) is 24.3 Å². The van der Waals surface area contributed by atoms with Crippen LogP contribution in [0.15, 0.2) is 48.5 Å². The molecule has 0 saturated carbocycles. The molecule has 128 valence electrons. The van der Waals surface area contributed by atoms with Gasteiger partial charge in [0.25, 0.3) is 0 Å². The van der Waals surface area contributed by atoms with Crippen molar-refractivity contribution < 1.29 is 17.6 Å². The number of hydrogen-bond donors (Lipinski definition) is 1. The lowest BCUT2D eigenvalue weighted by Gasteiger charge is -2.22. The largest absolute Gasteiger partial charge is 0.326 e. The molecule has 0 aromatic heterocycles. The van der Waals surface area contributed by atoms with Crippen LogP contribution in [-0.2, 0) is 14.8 Å². The maximum atomic E-state index is 13.0. The summed E-state index contributed by atoms with van der Waals surface area (Å²) in [4.78, 5) is 12.0. The Bertz CT molecular complexity index is 825. The number of rotatable bonds is 6. The monoisotopic (exact) mass is 370 g/mol. The molecule has 8 heteroatoms. The van der Waals surface area contributed by atoms with Crippen LogP contribution in [0, 0.1) is 5.82 Å². The van der Waals surface area contributed by atoms with Crippen molar-refractivity contribution in [1.82, 2.24) is 0 Å². The average molecular weight is 371 g/mol. The third kappa shape index (κ3) is 5.21. The second-order valence-corrected chi connectivity index (χ2v) is 7.46. The molecule has 2 aromatic carbocycles. The standard InChI is InChI=1S/C16H16ClFN2O3S/c1-24(22,23)20(15-7-5-13(18)6-8-15)10-9-16(21)19-14-4-2-3-12(17)11-14/h2-8,11H,9-10H2,1H3,(H,19,21). The Kier molecular flexibility index (Phi) is 5.80. The van der Waals surface area contributed by atoms with Crippen molar-refractivity contribution in [3.05, 3.63) is 59.4 Å². The first-order valence-electron chi connectivity index (χ1n) is 7.04. The number of carbonyl (C=O) groups excluding carboxylic acids is 1. The number of sulfonamides is 1. The number of carbonyl (C=O) groups is 1. The highest BCUT2D eigenvalue weighted by Gasteiger charge is 2.18. The van der Waals surface area contributed by atoms with E-state index in [4.69, 9.17) is 11.6 Å². The molecule has 2 aromatic rings. The van der Waals surface area contributed by atoms with E-state index in [1.165, 1.54) is 24.3 Å². The van der Waals surface area contributed by atoms with Gasteiger partial charge in [-0.3, -0.25) is 9.10 Å². The fourth-order valence-corrected chi connectivity index (χ4v) is 3.20. The summed E-state index contributed by atoms with van der Waals surface area (Å²) < 4.78 is 37.9. The number of benzene rings is 2. The van der Waals surface area contributed by atoms with E-state index in [0.717, 1.165) is 10.6 Å². The van der Waals surface area contributed by atoms with Crippen molar-refractivity contribution in [2.75, 3.05) is 22.4 Å². The topological polar surface area (TPSA) is 66.5 Å². The van der Waals surface area contributed by atoms with Gasteiger partial charge >= 0.3 is 0 Å². The Morgan fingerprint density at radius 2 is 1.88 bits per heavy atom. The summed E-state index contributed by atoms with van der Waals surface area (Å²) in [6.07, 6.45) is 0.974. The summed E-state index contributed by atoms with van der Waals surface area (Å²) in [7, 11) is -3.60. The zero-order valence-corrected chi connectivity index (χ0v) is 14.4. The summed E-state index contributed by atoms with van der Waals surface area (Å²) in [6.45, 7) is -0.0587. The second kappa shape index (κ2) is 7.63. The predicted molar refractivity (Wildman–Crippen MR) is 93.3 cm³/mol. The number of hydrogen-bond acceptors (Lipinski definition) is 3. The first kappa shape index (κ1) is 18.2. The summed E-state index contributed by atoms with van der Waals surface area (Å²) in [6, 6.07) is 11.7. The Hall–Kier alpha value is -2.12. The van der Waals surface area contributed by atoms with E-state index >= 15 is 0 Å². The van der Waals surface area contributed by atoms with Gasteiger partial charge in [-0.15, -0.1) is 0 Å². The quantitative estimate of drug-likeness (QED) is 0.848. The van der Waals surface area contributed by atoms with Crippen LogP contribution in [0.3, 0.4) is 0 Å². The van der Waals surface area contributed by atoms with Gasteiger partial charge in [0.1, 0.15) is 5.82 Å². The van der Waals surface area contributed by atoms with Gasteiger partial charge in [-0.2, -0.15) is 0 Å². The molecule has 0 radical (unpaired) electrons. The molecule has 1 N–H and O–H groups in total. The lowest BCUT2D eigenvalue weighted by atomic mass is 10.3. The van der Waals surface area contributed by atoms with Gasteiger partial charge in [0.05, 0.1) is 11.9 Å². The van der Waals surface area contributed by atoms with Crippen molar-refractivity contribution in [1.29, 1.82) is 0 Å². The summed E-state index contributed by atoms with van der Waals surface area (Å²) in [5, 5.41) is 3.13. The Balaban J connectivity index is 2.05. The minimum atomic E-state index is -3.60. The van der Waals surface area contributed by atoms with Gasteiger partial charge in [-0.05, 0) is 42.5 Å². The van der Waals surface area contributed by atoms with E-state index in [9.17, 15) is 17.6 Å². The van der Waals surface area contributed by atoms with Crippen LogP contribution in [0.2, 0.25) is 5.02 Å². The molecule has 0 atom stereocenters. The first-order valence-corrected chi connectivity index (χ1v) is 9.27. The first-order chi connectivity index (χ1) is 11.3. The van der Waals surface area contributed by atoms with Gasteiger partial charge in [0, 0.05) is 23.7 Å². The molecule has 5 nitrogen and oxygen atoms in total. The van der Waals surface area contributed by atoms with Crippen molar-refractivity contribution in [2.24, 2.45) is 0 Å². The van der Waals surface area contributed by atoms with E-state index in [1.807, 2.05) is 0 Å². The second-order valence-electron chi connectivity index (χ2n) is 5.12. The third-order valence-corrected chi connectivity index (χ3v) is 4.59. The molecule has 0 aliphatic carbocycles. The third-order valence-electron chi connectivity index (χ3n) is 3.17. The highest BCUT2D eigenvalue weighted by Crippen LogP contribution is 2.19. The summed E-state index contributed by atoms with van der Waals surface area (Å²) in [5.74, 6) is -0.820. The van der Waals surface area contributed by atoms with Crippen LogP contribution >= 0.6 is 11.6 Å². The minimum absolute atomic E-state index is 0.0586. The molecule has 0 bridgehead atoms. The Morgan fingerprint density at radius 3 is 2.46 bits per heavy atom. The summed E-state index contributed by atoms with van der Waals surface area (Å²) in [5.41, 5.74) is 0.828. The average Bonchev–Trinajstić information content (AvgIpc) is 2.48. The molecular formula is C16H16ClFN2O3S. The molecule has 0 unspecified atom stereocenters. The molecule has 0 heterocycles. The van der Waals surface area contributed by atoms with Gasteiger partial charge < -0.3 is 5.32 Å². The normalized spacial score (nSPS) is 11.1. The lowest BCUT2D eigenvalue weighted by molar-refractivity contribution is -0.116. The van der Waals surface area contributed by atoms with E-state index in [0.29, 0.717) is 16.4 Å². The zero-order valence-electron chi connectivity index (χ0n) is 12.9. The zero-order chi connectivity index (χ0) is 17.7. The van der Waals surface area contributed by atoms with Crippen LogP contribution in [0.5, 0.6) is 0 Å². The fraction of sp³-hybridized carbons (Fsp3) is 0.188. The number of anilines is 2. The van der Waals surface area contributed by atoms with Gasteiger partial charge in [-0.1, -0.05) is 17.7 Å². The van der Waals surface area contributed by atoms with Gasteiger partial charge in [0.15, 0.2) is 0 Å². The molecule has 2 rings (SSSR count). The van der Waals surface area contributed by atoms with E-state index in [2.05, 4.69) is 5.32 Å². The van der Waals surface area contributed by atoms with E-state index in [-0.39, 0.29) is 18.9 Å². The highest BCUT2D eigenvalue weighted by molar-refractivity contribution is 7.92. The van der Waals surface area contributed by atoms with Crippen LogP contribution in [0.4, 0.5) is 15.8 Å². The molecule has 0 aliphatic heterocycles. The molecule has 0 aliphatic rings. The van der Waals surface area contributed by atoms with Crippen LogP contribution < -0.4 is 9.62 Å². The van der Waals surface area contributed by atoms with E-state index < -0.39 is 15.8 Å². The lowest BCUT2D eigenvalue weighted by Crippen LogP contribution is -2.33. The smallest absolute Gasteiger partial charge is 0.232 e. The predicted octanol–water partition coefficient (Wildman–Crippen LogP) is 3.27. The Morgan fingerprint density at radius 1 is 1.21 bits per heavy atom. The number of amides is 1. The summed E-state index contributed by atoms with van der Waals surface area (Å²) >= 11 is 5.84. The number of nitrogens with zero attached hydrogens (tertiary/aromatic N) is 1. The van der Waals surface area contributed by atoms with Crippen molar-refractivity contribution in [3.63, 3.8) is 0 Å². The van der Waals surface area contributed by atoms with Crippen LogP contribution in [0.1, 0.15) is 6.42 Å². The SMILES string of the molecule is CS(=O)(=O)N(CCC(=O)Nc1cccc(Cl)c1)c1ccc(F)cc1. The maximum absolute atomic E-state index is 13.0. The highest BCUT2D eigenvalue weighted by atomic mass is 35.5. The molecule has 0 spiro atoms. The minimum Gasteiger partial charge on any atom is -0.326 e. The number of nitrogens with one attached hydrogen (secondary N) is 1. The molecule has 24 heavy (non-hydrogen) atoms.